The Kier molecular flexibility index (Phi) is 5.59. The van der Waals surface area contributed by atoms with E-state index in [-0.39, 0.29) is 0 Å². The lowest BCUT2D eigenvalue weighted by atomic mass is 10.5. The van der Waals surface area contributed by atoms with Crippen LogP contribution in [-0.4, -0.2) is 45.4 Å². The van der Waals surface area contributed by atoms with Gasteiger partial charge in [-0.25, -0.2) is 0 Å². The highest BCUT2D eigenvalue weighted by Gasteiger charge is 2.20. The highest BCUT2D eigenvalue weighted by Crippen LogP contribution is 2.22. The molecular weight excluding hydrogens is 177 g/mol. The Hall–Kier alpha value is -0.0200. The first-order chi connectivity index (χ1) is 5.45. The third kappa shape index (κ3) is 8.08. The Morgan fingerprint density at radius 1 is 1.25 bits per heavy atom. The van der Waals surface area contributed by atoms with Crippen LogP contribution in [0, 0.1) is 0 Å². The summed E-state index contributed by atoms with van der Waals surface area (Å²) in [7, 11) is 4.26. The molecule has 0 N–H and O–H groups in total. The first-order valence-corrected chi connectivity index (χ1v) is 5.09. The van der Waals surface area contributed by atoms with Crippen molar-refractivity contribution in [3.63, 3.8) is 0 Å². The average Bonchev–Trinajstić information content (AvgIpc) is 1.84. The summed E-state index contributed by atoms with van der Waals surface area (Å²) in [6.45, 7) is 3.52. The molecule has 12 heavy (non-hydrogen) atoms. The Balaban J connectivity index is 3.37. The van der Waals surface area contributed by atoms with Gasteiger partial charge in [-0.05, 0) is 6.92 Å². The van der Waals surface area contributed by atoms with Crippen LogP contribution in [-0.2, 0) is 13.6 Å². The first kappa shape index (κ1) is 12.0. The van der Waals surface area contributed by atoms with Crippen LogP contribution in [0.15, 0.2) is 0 Å². The van der Waals surface area contributed by atoms with E-state index >= 15 is 0 Å². The van der Waals surface area contributed by atoms with Crippen LogP contribution in [0.4, 0.5) is 0 Å². The number of rotatable bonds is 6. The average molecular weight is 195 g/mol. The van der Waals surface area contributed by atoms with Crippen LogP contribution in [0.5, 0.6) is 0 Å². The summed E-state index contributed by atoms with van der Waals surface area (Å²) in [5.74, 6) is 0. The molecule has 0 saturated heterocycles. The molecule has 0 spiro atoms. The van der Waals surface area contributed by atoms with Gasteiger partial charge in [0.1, 0.15) is 13.2 Å². The van der Waals surface area contributed by atoms with Crippen molar-refractivity contribution in [1.29, 1.82) is 0 Å². The van der Waals surface area contributed by atoms with Gasteiger partial charge in [-0.15, -0.1) is 9.05 Å². The maximum atomic E-state index is 10.8. The van der Waals surface area contributed by atoms with Gasteiger partial charge in [-0.2, -0.15) is 0 Å². The minimum atomic E-state index is -1.89. The second kappa shape index (κ2) is 5.60. The van der Waals surface area contributed by atoms with Crippen molar-refractivity contribution in [3.05, 3.63) is 0 Å². The minimum Gasteiger partial charge on any atom is -0.329 e. The van der Waals surface area contributed by atoms with Crippen LogP contribution >= 0.6 is 8.25 Å². The van der Waals surface area contributed by atoms with E-state index in [9.17, 15) is 4.57 Å². The standard InChI is InChI=1S/C7H18NO3P/c1-5-10-12(9)11-7-6-8(2,3)4/h5-7H2,1-4H3/q+2. The van der Waals surface area contributed by atoms with Gasteiger partial charge < -0.3 is 4.48 Å². The van der Waals surface area contributed by atoms with Gasteiger partial charge in [0.2, 0.25) is 0 Å². The first-order valence-electron chi connectivity index (χ1n) is 3.99. The van der Waals surface area contributed by atoms with E-state index in [0.717, 1.165) is 11.0 Å². The molecule has 0 fully saturated rings. The zero-order chi connectivity index (χ0) is 9.61. The zero-order valence-electron chi connectivity index (χ0n) is 8.24. The number of quaternary nitrogens is 1. The van der Waals surface area contributed by atoms with Gasteiger partial charge in [-0.3, -0.25) is 0 Å². The molecule has 5 heteroatoms. The van der Waals surface area contributed by atoms with E-state index in [4.69, 9.17) is 9.05 Å². The second-order valence-electron chi connectivity index (χ2n) is 3.49. The lowest BCUT2D eigenvalue weighted by molar-refractivity contribution is -0.870. The molecule has 0 radical (unpaired) electrons. The Morgan fingerprint density at radius 2 is 1.83 bits per heavy atom. The van der Waals surface area contributed by atoms with Crippen molar-refractivity contribution < 1.29 is 18.1 Å². The molecule has 0 aromatic carbocycles. The molecule has 1 atom stereocenters. The van der Waals surface area contributed by atoms with Gasteiger partial charge in [0.25, 0.3) is 0 Å². The van der Waals surface area contributed by atoms with E-state index in [1.165, 1.54) is 0 Å². The normalized spacial score (nSPS) is 13.2. The van der Waals surface area contributed by atoms with Gasteiger partial charge in [0.05, 0.1) is 21.1 Å². The van der Waals surface area contributed by atoms with Gasteiger partial charge in [-0.1, -0.05) is 0 Å². The van der Waals surface area contributed by atoms with Crippen LogP contribution in [0.1, 0.15) is 6.92 Å². The van der Waals surface area contributed by atoms with Gasteiger partial charge in [0, 0.05) is 4.57 Å². The van der Waals surface area contributed by atoms with Crippen molar-refractivity contribution in [2.45, 2.75) is 6.92 Å². The SMILES string of the molecule is CCO[P+](=O)OCC[N+](C)(C)C. The fraction of sp³-hybridized carbons (Fsp3) is 1.00. The van der Waals surface area contributed by atoms with Crippen LogP contribution < -0.4 is 0 Å². The van der Waals surface area contributed by atoms with Gasteiger partial charge >= 0.3 is 8.25 Å². The molecule has 0 rings (SSSR count). The fourth-order valence-electron chi connectivity index (χ4n) is 0.532. The van der Waals surface area contributed by atoms with Crippen molar-refractivity contribution in [2.75, 3.05) is 40.9 Å². The molecule has 0 bridgehead atoms. The maximum absolute atomic E-state index is 10.8. The summed E-state index contributed by atoms with van der Waals surface area (Å²) in [6.07, 6.45) is 0. The van der Waals surface area contributed by atoms with E-state index in [1.807, 2.05) is 0 Å². The lowest BCUT2D eigenvalue weighted by Crippen LogP contribution is -2.37. The molecule has 0 aromatic rings. The molecule has 0 saturated carbocycles. The van der Waals surface area contributed by atoms with Crippen LogP contribution in [0.25, 0.3) is 0 Å². The maximum Gasteiger partial charge on any atom is 0.697 e. The monoisotopic (exact) mass is 195 g/mol. The number of likely N-dealkylation sites (N-methyl/N-ethyl adjacent to an activating group) is 1. The molecule has 4 nitrogen and oxygen atoms in total. The lowest BCUT2D eigenvalue weighted by Gasteiger charge is -2.21. The van der Waals surface area contributed by atoms with Crippen molar-refractivity contribution in [1.82, 2.24) is 0 Å². The molecule has 0 aliphatic heterocycles. The molecule has 72 valence electrons. The topological polar surface area (TPSA) is 35.5 Å². The number of nitrogens with zero attached hydrogens (tertiary/aromatic N) is 1. The second-order valence-corrected chi connectivity index (χ2v) is 4.45. The highest BCUT2D eigenvalue weighted by molar-refractivity contribution is 7.33. The Labute approximate surface area is 75.0 Å². The van der Waals surface area contributed by atoms with E-state index in [2.05, 4.69) is 21.1 Å². The quantitative estimate of drug-likeness (QED) is 0.474. The summed E-state index contributed by atoms with van der Waals surface area (Å²) in [5, 5.41) is 0. The molecule has 1 unspecified atom stereocenters. The van der Waals surface area contributed by atoms with Crippen molar-refractivity contribution in [2.24, 2.45) is 0 Å². The van der Waals surface area contributed by atoms with Crippen LogP contribution in [0.3, 0.4) is 0 Å². The summed E-state index contributed by atoms with van der Waals surface area (Å²) in [6, 6.07) is 0. The van der Waals surface area contributed by atoms with E-state index < -0.39 is 8.25 Å². The van der Waals surface area contributed by atoms with E-state index in [0.29, 0.717) is 13.2 Å². The summed E-state index contributed by atoms with van der Waals surface area (Å²) < 4.78 is 21.3. The summed E-state index contributed by atoms with van der Waals surface area (Å²) >= 11 is 0. The fourth-order valence-corrected chi connectivity index (χ4v) is 1.05. The minimum absolute atomic E-state index is 0.430. The third-order valence-electron chi connectivity index (χ3n) is 1.19. The van der Waals surface area contributed by atoms with E-state index in [1.54, 1.807) is 6.92 Å². The molecule has 0 heterocycles. The zero-order valence-corrected chi connectivity index (χ0v) is 9.13. The molecule has 0 aromatic heterocycles. The summed E-state index contributed by atoms with van der Waals surface area (Å²) in [5.41, 5.74) is 0. The summed E-state index contributed by atoms with van der Waals surface area (Å²) in [4.78, 5) is 0. The molecular formula is C7H18NO3P+2. The van der Waals surface area contributed by atoms with Crippen molar-refractivity contribution >= 4 is 8.25 Å². The predicted molar refractivity (Wildman–Crippen MR) is 48.1 cm³/mol. The number of hydrogen-bond donors (Lipinski definition) is 0. The predicted octanol–water partition coefficient (Wildman–Crippen LogP) is 1.40. The largest absolute Gasteiger partial charge is 0.697 e. The van der Waals surface area contributed by atoms with Crippen molar-refractivity contribution in [3.8, 4) is 0 Å². The Morgan fingerprint density at radius 3 is 2.25 bits per heavy atom. The number of hydrogen-bond acceptors (Lipinski definition) is 3. The third-order valence-corrected chi connectivity index (χ3v) is 2.06. The highest BCUT2D eigenvalue weighted by atomic mass is 31.1. The van der Waals surface area contributed by atoms with Crippen LogP contribution in [0.2, 0.25) is 0 Å². The Bertz CT molecular complexity index is 144. The molecule has 0 amide bonds. The molecule has 0 aliphatic rings. The van der Waals surface area contributed by atoms with Gasteiger partial charge in [0.15, 0.2) is 6.61 Å². The molecule has 0 aliphatic carbocycles. The smallest absolute Gasteiger partial charge is 0.329 e.